The Morgan fingerprint density at radius 2 is 2.10 bits per heavy atom. The van der Waals surface area contributed by atoms with Crippen molar-refractivity contribution in [2.45, 2.75) is 26.9 Å². The number of aliphatic hydroxyl groups excluding tert-OH is 1. The first-order chi connectivity index (χ1) is 14.9. The minimum Gasteiger partial charge on any atom is -0.387 e. The number of anilines is 1. The first kappa shape index (κ1) is 22.3. The molecule has 31 heavy (non-hydrogen) atoms. The van der Waals surface area contributed by atoms with Gasteiger partial charge in [0.15, 0.2) is 11.0 Å². The number of nitrogens with one attached hydrogen (secondary N) is 2. The second-order valence-electron chi connectivity index (χ2n) is 6.68. The maximum atomic E-state index is 11.9. The summed E-state index contributed by atoms with van der Waals surface area (Å²) in [6.07, 6.45) is 6.06. The molecule has 0 fully saturated rings. The summed E-state index contributed by atoms with van der Waals surface area (Å²) in [6, 6.07) is 5.30. The van der Waals surface area contributed by atoms with Crippen LogP contribution in [0, 0.1) is 0 Å². The summed E-state index contributed by atoms with van der Waals surface area (Å²) in [6.45, 7) is 9.68. The van der Waals surface area contributed by atoms with E-state index >= 15 is 0 Å². The number of aromatic nitrogens is 3. The number of carbonyl (C=O) groups is 1. The Morgan fingerprint density at radius 1 is 1.35 bits per heavy atom. The number of aliphatic hydroxyl groups is 1. The molecule has 0 spiro atoms. The lowest BCUT2D eigenvalue weighted by atomic mass is 10.0. The van der Waals surface area contributed by atoms with E-state index in [1.165, 1.54) is 11.3 Å². The molecule has 0 aliphatic rings. The minimum absolute atomic E-state index is 0.311. The molecule has 2 amide bonds. The summed E-state index contributed by atoms with van der Waals surface area (Å²) in [7, 11) is 0. The number of aliphatic imine (C=N–C) groups is 1. The number of nitrogens with zero attached hydrogens (tertiary/aromatic N) is 4. The highest BCUT2D eigenvalue weighted by Gasteiger charge is 2.16. The number of fused-ring (bicyclic) bond motifs is 1. The van der Waals surface area contributed by atoms with Crippen molar-refractivity contribution in [2.75, 3.05) is 11.9 Å². The highest BCUT2D eigenvalue weighted by molar-refractivity contribution is 7.22. The molecular formula is C22H24N6O2S. The number of hydrogen-bond acceptors (Lipinski definition) is 7. The van der Waals surface area contributed by atoms with Crippen LogP contribution < -0.4 is 10.6 Å². The molecule has 2 heterocycles. The first-order valence-electron chi connectivity index (χ1n) is 9.75. The van der Waals surface area contributed by atoms with E-state index in [0.29, 0.717) is 28.7 Å². The summed E-state index contributed by atoms with van der Waals surface area (Å²) in [4.78, 5) is 29.6. The van der Waals surface area contributed by atoms with E-state index in [2.05, 4.69) is 37.2 Å². The van der Waals surface area contributed by atoms with Gasteiger partial charge < -0.3 is 10.4 Å². The summed E-state index contributed by atoms with van der Waals surface area (Å²) in [5.41, 5.74) is 3.65. The maximum Gasteiger partial charge on any atom is 0.321 e. The van der Waals surface area contributed by atoms with Crippen LogP contribution in [0.15, 0.2) is 54.4 Å². The second-order valence-corrected chi connectivity index (χ2v) is 7.68. The molecule has 0 aliphatic heterocycles. The number of carbonyl (C=O) groups excluding carboxylic acids is 1. The molecule has 1 unspecified atom stereocenters. The van der Waals surface area contributed by atoms with Gasteiger partial charge in [-0.05, 0) is 50.1 Å². The molecule has 0 saturated heterocycles. The highest BCUT2D eigenvalue weighted by Crippen LogP contribution is 2.36. The van der Waals surface area contributed by atoms with Gasteiger partial charge in [-0.25, -0.2) is 19.7 Å². The normalized spacial score (nSPS) is 13.2. The minimum atomic E-state index is -0.639. The fourth-order valence-corrected chi connectivity index (χ4v) is 3.63. The smallest absolute Gasteiger partial charge is 0.321 e. The zero-order valence-electron chi connectivity index (χ0n) is 17.6. The van der Waals surface area contributed by atoms with Crippen molar-refractivity contribution in [3.63, 3.8) is 0 Å². The largest absolute Gasteiger partial charge is 0.387 e. The summed E-state index contributed by atoms with van der Waals surface area (Å²) in [5, 5.41) is 15.6. The predicted molar refractivity (Wildman–Crippen MR) is 126 cm³/mol. The summed E-state index contributed by atoms with van der Waals surface area (Å²) < 4.78 is 0.855. The summed E-state index contributed by atoms with van der Waals surface area (Å²) in [5.74, 6) is 0.551. The molecule has 1 atom stereocenters. The standard InChI is InChI=1S/C22H24N6O2S/c1-5-15(12-26-13(3)14(4)29)16-10-17(20-24-8-7-9-25-20)19-18(11-16)27-22(31-19)28-21(30)23-6-2/h5,7-12,14,29H,1,6H2,2-4H3,(H2,23,27,28,30)/b15-12+,26-13?. The van der Waals surface area contributed by atoms with Gasteiger partial charge in [0.1, 0.15) is 0 Å². The number of amides is 2. The Hall–Kier alpha value is -3.43. The molecule has 9 heteroatoms. The lowest BCUT2D eigenvalue weighted by Gasteiger charge is -2.07. The van der Waals surface area contributed by atoms with Crippen molar-refractivity contribution in [3.8, 4) is 11.4 Å². The second kappa shape index (κ2) is 10.1. The van der Waals surface area contributed by atoms with E-state index in [-0.39, 0.29) is 6.03 Å². The van der Waals surface area contributed by atoms with E-state index in [1.807, 2.05) is 19.1 Å². The van der Waals surface area contributed by atoms with Gasteiger partial charge in [-0.3, -0.25) is 10.3 Å². The number of hydrogen-bond donors (Lipinski definition) is 3. The van der Waals surface area contributed by atoms with Crippen LogP contribution in [0.5, 0.6) is 0 Å². The van der Waals surface area contributed by atoms with Gasteiger partial charge >= 0.3 is 6.03 Å². The van der Waals surface area contributed by atoms with Gasteiger partial charge in [0, 0.05) is 36.4 Å². The monoisotopic (exact) mass is 436 g/mol. The van der Waals surface area contributed by atoms with E-state index in [9.17, 15) is 9.90 Å². The molecule has 160 valence electrons. The predicted octanol–water partition coefficient (Wildman–Crippen LogP) is 4.26. The molecule has 3 rings (SSSR count). The van der Waals surface area contributed by atoms with Gasteiger partial charge in [-0.15, -0.1) is 0 Å². The molecule has 0 aliphatic carbocycles. The van der Waals surface area contributed by atoms with E-state index in [0.717, 1.165) is 21.4 Å². The fourth-order valence-electron chi connectivity index (χ4n) is 2.68. The van der Waals surface area contributed by atoms with Crippen molar-refractivity contribution in [1.82, 2.24) is 20.3 Å². The molecule has 8 nitrogen and oxygen atoms in total. The zero-order valence-corrected chi connectivity index (χ0v) is 18.4. The molecule has 3 aromatic rings. The maximum absolute atomic E-state index is 11.9. The number of benzene rings is 1. The highest BCUT2D eigenvalue weighted by atomic mass is 32.1. The van der Waals surface area contributed by atoms with Gasteiger partial charge in [-0.1, -0.05) is 24.0 Å². The van der Waals surface area contributed by atoms with E-state index in [4.69, 9.17) is 0 Å². The van der Waals surface area contributed by atoms with Crippen LogP contribution in [0.3, 0.4) is 0 Å². The van der Waals surface area contributed by atoms with Crippen LogP contribution in [0.4, 0.5) is 9.93 Å². The average Bonchev–Trinajstić information content (AvgIpc) is 3.16. The Balaban J connectivity index is 2.15. The number of allylic oxidation sites excluding steroid dienone is 2. The van der Waals surface area contributed by atoms with Gasteiger partial charge in [0.25, 0.3) is 0 Å². The number of thiazole rings is 1. The van der Waals surface area contributed by atoms with Crippen LogP contribution in [0.25, 0.3) is 27.2 Å². The molecule has 3 N–H and O–H groups in total. The Kier molecular flexibility index (Phi) is 7.22. The average molecular weight is 437 g/mol. The molecule has 0 bridgehead atoms. The van der Waals surface area contributed by atoms with Crippen LogP contribution >= 0.6 is 11.3 Å². The number of rotatable bonds is 7. The van der Waals surface area contributed by atoms with E-state index < -0.39 is 6.10 Å². The Bertz CT molecular complexity index is 1150. The Morgan fingerprint density at radius 3 is 2.74 bits per heavy atom. The SMILES string of the molecule is C=C/C(=C\N=C(C)C(C)O)c1cc(-c2ncccn2)c2sc(NC(=O)NCC)nc2c1. The zero-order chi connectivity index (χ0) is 22.4. The van der Waals surface area contributed by atoms with Crippen LogP contribution in [-0.4, -0.2) is 44.4 Å². The molecular weight excluding hydrogens is 412 g/mol. The van der Waals surface area contributed by atoms with Gasteiger partial charge in [-0.2, -0.15) is 0 Å². The molecule has 0 radical (unpaired) electrons. The van der Waals surface area contributed by atoms with Crippen LogP contribution in [0.1, 0.15) is 26.3 Å². The first-order valence-corrected chi connectivity index (χ1v) is 10.6. The Labute approximate surface area is 184 Å². The molecule has 2 aromatic heterocycles. The van der Waals surface area contributed by atoms with E-state index in [1.54, 1.807) is 44.6 Å². The fraction of sp³-hybridized carbons (Fsp3) is 0.227. The number of urea groups is 1. The lowest BCUT2D eigenvalue weighted by molar-refractivity contribution is 0.252. The van der Waals surface area contributed by atoms with Crippen molar-refractivity contribution in [2.24, 2.45) is 4.99 Å². The molecule has 1 aromatic carbocycles. The van der Waals surface area contributed by atoms with Crippen LogP contribution in [0.2, 0.25) is 0 Å². The quantitative estimate of drug-likeness (QED) is 0.378. The van der Waals surface area contributed by atoms with Crippen molar-refractivity contribution in [3.05, 3.63) is 55.0 Å². The van der Waals surface area contributed by atoms with Crippen molar-refractivity contribution < 1.29 is 9.90 Å². The van der Waals surface area contributed by atoms with Crippen molar-refractivity contribution >= 4 is 44.0 Å². The van der Waals surface area contributed by atoms with Gasteiger partial charge in [0.2, 0.25) is 0 Å². The van der Waals surface area contributed by atoms with Crippen LogP contribution in [-0.2, 0) is 0 Å². The summed E-state index contributed by atoms with van der Waals surface area (Å²) >= 11 is 1.35. The topological polar surface area (TPSA) is 112 Å². The third-order valence-corrected chi connectivity index (χ3v) is 5.44. The third kappa shape index (κ3) is 5.39. The van der Waals surface area contributed by atoms with Gasteiger partial charge in [0.05, 0.1) is 16.3 Å². The third-order valence-electron chi connectivity index (χ3n) is 4.42. The lowest BCUT2D eigenvalue weighted by Crippen LogP contribution is -2.28. The molecule has 0 saturated carbocycles. The van der Waals surface area contributed by atoms with Crippen molar-refractivity contribution in [1.29, 1.82) is 0 Å².